The van der Waals surface area contributed by atoms with Crippen molar-refractivity contribution in [3.05, 3.63) is 77.8 Å². The quantitative estimate of drug-likeness (QED) is 0.577. The fourth-order valence-corrected chi connectivity index (χ4v) is 3.10. The largest absolute Gasteiger partial charge is 0.496 e. The van der Waals surface area contributed by atoms with Gasteiger partial charge in [-0.3, -0.25) is 9.48 Å². The summed E-state index contributed by atoms with van der Waals surface area (Å²) in [6.45, 7) is 2.40. The highest BCUT2D eigenvalue weighted by atomic mass is 16.5. The highest BCUT2D eigenvalue weighted by molar-refractivity contribution is 6.08. The van der Waals surface area contributed by atoms with Crippen LogP contribution >= 0.6 is 0 Å². The Morgan fingerprint density at radius 1 is 1.22 bits per heavy atom. The van der Waals surface area contributed by atoms with Gasteiger partial charge in [0.1, 0.15) is 11.5 Å². The maximum absolute atomic E-state index is 12.8. The van der Waals surface area contributed by atoms with Gasteiger partial charge in [-0.25, -0.2) is 0 Å². The Labute approximate surface area is 156 Å². The van der Waals surface area contributed by atoms with Crippen LogP contribution in [-0.4, -0.2) is 22.8 Å². The molecule has 1 N–H and O–H groups in total. The van der Waals surface area contributed by atoms with Crippen LogP contribution in [0.5, 0.6) is 5.75 Å². The zero-order chi connectivity index (χ0) is 18.8. The van der Waals surface area contributed by atoms with Gasteiger partial charge in [-0.15, -0.1) is 0 Å². The maximum Gasteiger partial charge on any atom is 0.255 e. The number of aryl methyl sites for hydroxylation is 1. The van der Waals surface area contributed by atoms with Crippen LogP contribution in [0.1, 0.15) is 21.7 Å². The van der Waals surface area contributed by atoms with E-state index in [0.717, 1.165) is 16.7 Å². The van der Waals surface area contributed by atoms with Gasteiger partial charge in [-0.1, -0.05) is 12.1 Å². The first-order chi connectivity index (χ1) is 13.1. The number of hydrogen-bond acceptors (Lipinski definition) is 4. The number of benzene rings is 2. The fraction of sp³-hybridized carbons (Fsp3) is 0.143. The predicted octanol–water partition coefficient (Wildman–Crippen LogP) is 4.25. The van der Waals surface area contributed by atoms with Crippen molar-refractivity contribution < 1.29 is 13.9 Å². The third-order valence-corrected chi connectivity index (χ3v) is 4.35. The van der Waals surface area contributed by atoms with Gasteiger partial charge < -0.3 is 14.5 Å². The fourth-order valence-electron chi connectivity index (χ4n) is 3.10. The lowest BCUT2D eigenvalue weighted by atomic mass is 10.1. The number of fused-ring (bicyclic) bond motifs is 1. The molecule has 6 nitrogen and oxygen atoms in total. The van der Waals surface area contributed by atoms with Gasteiger partial charge in [-0.2, -0.15) is 5.10 Å². The van der Waals surface area contributed by atoms with E-state index in [0.29, 0.717) is 29.1 Å². The van der Waals surface area contributed by atoms with Crippen LogP contribution in [0.4, 0.5) is 5.69 Å². The van der Waals surface area contributed by atoms with Crippen molar-refractivity contribution in [3.8, 4) is 5.75 Å². The first-order valence-electron chi connectivity index (χ1n) is 8.59. The number of amides is 1. The molecule has 0 radical (unpaired) electrons. The first kappa shape index (κ1) is 16.9. The molecular formula is C21H19N3O3. The summed E-state index contributed by atoms with van der Waals surface area (Å²) < 4.78 is 12.9. The second-order valence-corrected chi connectivity index (χ2v) is 6.27. The summed E-state index contributed by atoms with van der Waals surface area (Å²) in [5.74, 6) is 1.31. The van der Waals surface area contributed by atoms with Crippen LogP contribution < -0.4 is 10.1 Å². The molecule has 0 aliphatic heterocycles. The van der Waals surface area contributed by atoms with E-state index < -0.39 is 0 Å². The summed E-state index contributed by atoms with van der Waals surface area (Å²) in [7, 11) is 1.61. The minimum atomic E-state index is -0.207. The Morgan fingerprint density at radius 3 is 2.89 bits per heavy atom. The number of aromatic nitrogens is 2. The number of rotatable bonds is 5. The molecule has 2 heterocycles. The van der Waals surface area contributed by atoms with Gasteiger partial charge in [0.2, 0.25) is 0 Å². The minimum absolute atomic E-state index is 0.207. The smallest absolute Gasteiger partial charge is 0.255 e. The zero-order valence-electron chi connectivity index (χ0n) is 15.1. The van der Waals surface area contributed by atoms with E-state index in [1.165, 1.54) is 0 Å². The summed E-state index contributed by atoms with van der Waals surface area (Å²) in [6, 6.07) is 14.8. The lowest BCUT2D eigenvalue weighted by molar-refractivity contribution is 0.102. The molecule has 27 heavy (non-hydrogen) atoms. The number of hydrogen-bond donors (Lipinski definition) is 1. The number of furan rings is 1. The molecule has 6 heteroatoms. The Bertz CT molecular complexity index is 1100. The number of carbonyl (C=O) groups excluding carboxylic acids is 1. The highest BCUT2D eigenvalue weighted by Crippen LogP contribution is 2.27. The van der Waals surface area contributed by atoms with E-state index in [2.05, 4.69) is 10.4 Å². The molecule has 0 saturated carbocycles. The molecule has 0 spiro atoms. The van der Waals surface area contributed by atoms with Crippen LogP contribution in [0.25, 0.3) is 11.0 Å². The Morgan fingerprint density at radius 2 is 2.11 bits per heavy atom. The number of nitrogens with one attached hydrogen (secondary N) is 1. The average molecular weight is 361 g/mol. The number of para-hydroxylation sites is 1. The van der Waals surface area contributed by atoms with Crippen molar-refractivity contribution >= 4 is 22.6 Å². The monoisotopic (exact) mass is 361 g/mol. The highest BCUT2D eigenvalue weighted by Gasteiger charge is 2.14. The molecule has 4 rings (SSSR count). The van der Waals surface area contributed by atoms with Crippen LogP contribution in [-0.2, 0) is 6.54 Å². The molecule has 1 amide bonds. The van der Waals surface area contributed by atoms with E-state index in [1.807, 2.05) is 49.5 Å². The zero-order valence-corrected chi connectivity index (χ0v) is 15.1. The molecule has 0 bridgehead atoms. The maximum atomic E-state index is 12.8. The van der Waals surface area contributed by atoms with Gasteiger partial charge in [-0.05, 0) is 43.3 Å². The van der Waals surface area contributed by atoms with Crippen molar-refractivity contribution in [1.29, 1.82) is 0 Å². The predicted molar refractivity (Wildman–Crippen MR) is 103 cm³/mol. The van der Waals surface area contributed by atoms with E-state index in [1.54, 1.807) is 30.1 Å². The van der Waals surface area contributed by atoms with E-state index in [4.69, 9.17) is 9.15 Å². The molecule has 2 aromatic heterocycles. The topological polar surface area (TPSA) is 69.3 Å². The van der Waals surface area contributed by atoms with Crippen molar-refractivity contribution in [2.45, 2.75) is 13.5 Å². The molecular weight excluding hydrogens is 342 g/mol. The number of methoxy groups -OCH3 is 1. The van der Waals surface area contributed by atoms with Gasteiger partial charge in [0.25, 0.3) is 5.91 Å². The Hall–Kier alpha value is -3.54. The molecule has 2 aromatic carbocycles. The normalized spacial score (nSPS) is 10.9. The lowest BCUT2D eigenvalue weighted by Crippen LogP contribution is -2.13. The van der Waals surface area contributed by atoms with E-state index in [9.17, 15) is 4.79 Å². The number of carbonyl (C=O) groups is 1. The summed E-state index contributed by atoms with van der Waals surface area (Å²) in [6.07, 6.45) is 3.58. The first-order valence-corrected chi connectivity index (χ1v) is 8.59. The van der Waals surface area contributed by atoms with Crippen LogP contribution in [0.15, 0.2) is 65.3 Å². The van der Waals surface area contributed by atoms with E-state index in [-0.39, 0.29) is 5.91 Å². The molecule has 0 saturated heterocycles. The second kappa shape index (κ2) is 6.99. The van der Waals surface area contributed by atoms with Crippen molar-refractivity contribution in [3.63, 3.8) is 0 Å². The minimum Gasteiger partial charge on any atom is -0.496 e. The van der Waals surface area contributed by atoms with Crippen LogP contribution in [0, 0.1) is 6.92 Å². The second-order valence-electron chi connectivity index (χ2n) is 6.27. The SMILES string of the molecule is COc1ccc(C(=O)Nc2cccc3cc(C)oc23)cc1Cn1cccn1. The van der Waals surface area contributed by atoms with Gasteiger partial charge in [0, 0.05) is 28.9 Å². The number of ether oxygens (including phenoxy) is 1. The number of anilines is 1. The van der Waals surface area contributed by atoms with Gasteiger partial charge >= 0.3 is 0 Å². The van der Waals surface area contributed by atoms with Gasteiger partial charge in [0.05, 0.1) is 19.3 Å². The summed E-state index contributed by atoms with van der Waals surface area (Å²) in [5.41, 5.74) is 2.74. The van der Waals surface area contributed by atoms with Crippen molar-refractivity contribution in [2.24, 2.45) is 0 Å². The Balaban J connectivity index is 1.63. The molecule has 4 aromatic rings. The third-order valence-electron chi connectivity index (χ3n) is 4.35. The standard InChI is InChI=1S/C21H19N3O3/c1-14-11-15-5-3-6-18(20(15)27-14)23-21(25)16-7-8-19(26-2)17(12-16)13-24-10-4-9-22-24/h3-12H,13H2,1-2H3,(H,23,25). The molecule has 0 unspecified atom stereocenters. The lowest BCUT2D eigenvalue weighted by Gasteiger charge is -2.11. The Kier molecular flexibility index (Phi) is 4.38. The average Bonchev–Trinajstić information content (AvgIpc) is 3.30. The van der Waals surface area contributed by atoms with E-state index >= 15 is 0 Å². The van der Waals surface area contributed by atoms with Crippen LogP contribution in [0.3, 0.4) is 0 Å². The van der Waals surface area contributed by atoms with Gasteiger partial charge in [0.15, 0.2) is 5.58 Å². The summed E-state index contributed by atoms with van der Waals surface area (Å²) >= 11 is 0. The van der Waals surface area contributed by atoms with Crippen molar-refractivity contribution in [2.75, 3.05) is 12.4 Å². The molecule has 0 atom stereocenters. The molecule has 0 aliphatic rings. The molecule has 136 valence electrons. The van der Waals surface area contributed by atoms with Crippen LogP contribution in [0.2, 0.25) is 0 Å². The summed E-state index contributed by atoms with van der Waals surface area (Å²) in [5, 5.41) is 8.11. The summed E-state index contributed by atoms with van der Waals surface area (Å²) in [4.78, 5) is 12.8. The number of nitrogens with zero attached hydrogens (tertiary/aromatic N) is 2. The molecule has 0 aliphatic carbocycles. The molecule has 0 fully saturated rings. The van der Waals surface area contributed by atoms with Crippen molar-refractivity contribution in [1.82, 2.24) is 9.78 Å². The third kappa shape index (κ3) is 3.42.